The van der Waals surface area contributed by atoms with Crippen molar-refractivity contribution in [2.45, 2.75) is 57.9 Å². The Hall–Kier alpha value is -0.570. The number of carbonyl (C=O) groups excluding carboxylic acids is 1. The molecule has 1 atom stereocenters. The number of carbonyl (C=O) groups is 1. The van der Waals surface area contributed by atoms with E-state index in [0.29, 0.717) is 6.42 Å². The first kappa shape index (κ1) is 12.4. The first-order valence-corrected chi connectivity index (χ1v) is 5.22. The van der Waals surface area contributed by atoms with E-state index in [2.05, 4.69) is 12.7 Å². The summed E-state index contributed by atoms with van der Waals surface area (Å²) in [5.41, 5.74) is 3.51. The van der Waals surface area contributed by atoms with Gasteiger partial charge in [0, 0.05) is 6.42 Å². The van der Waals surface area contributed by atoms with Crippen molar-refractivity contribution in [2.24, 2.45) is 0 Å². The van der Waals surface area contributed by atoms with E-state index in [9.17, 15) is 9.90 Å². The lowest BCUT2D eigenvalue weighted by atomic mass is 10.1. The molecule has 0 bridgehead atoms. The molecule has 3 nitrogen and oxygen atoms in total. The molecule has 0 rings (SSSR count). The predicted octanol–water partition coefficient (Wildman–Crippen LogP) is 0.0974. The normalized spacial score (nSPS) is 12.8. The summed E-state index contributed by atoms with van der Waals surface area (Å²) in [6.07, 6.45) is 7.77. The van der Waals surface area contributed by atoms with E-state index in [4.69, 9.17) is 0 Å². The Labute approximate surface area is 80.3 Å². The van der Waals surface area contributed by atoms with Gasteiger partial charge in [0.2, 0.25) is 0 Å². The van der Waals surface area contributed by atoms with Crippen molar-refractivity contribution < 1.29 is 15.6 Å². The Morgan fingerprint density at radius 2 is 1.77 bits per heavy atom. The third kappa shape index (κ3) is 7.78. The number of carboxylic acid groups (broad SMARTS) is 1. The molecule has 0 spiro atoms. The highest BCUT2D eigenvalue weighted by molar-refractivity contribution is 5.68. The van der Waals surface area contributed by atoms with Gasteiger partial charge in [-0.3, -0.25) is 0 Å². The molecule has 0 fully saturated rings. The molecule has 0 aliphatic rings. The lowest BCUT2D eigenvalue weighted by Gasteiger charge is -2.08. The summed E-state index contributed by atoms with van der Waals surface area (Å²) in [6.45, 7) is 2.18. The Morgan fingerprint density at radius 3 is 2.31 bits per heavy atom. The molecule has 0 aliphatic carbocycles. The Kier molecular flexibility index (Phi) is 7.69. The largest absolute Gasteiger partial charge is 0.544 e. The van der Waals surface area contributed by atoms with Crippen LogP contribution in [0.5, 0.6) is 0 Å². The van der Waals surface area contributed by atoms with Gasteiger partial charge in [-0.05, 0) is 6.42 Å². The lowest BCUT2D eigenvalue weighted by molar-refractivity contribution is -0.438. The maximum absolute atomic E-state index is 10.3. The molecule has 0 saturated heterocycles. The first-order chi connectivity index (χ1) is 6.18. The zero-order chi connectivity index (χ0) is 10.1. The number of aliphatic carboxylic acids is 1. The molecular formula is C10H21NO2. The average Bonchev–Trinajstić information content (AvgIpc) is 2.10. The zero-order valence-electron chi connectivity index (χ0n) is 8.55. The summed E-state index contributed by atoms with van der Waals surface area (Å²) in [6, 6.07) is -0.522. The van der Waals surface area contributed by atoms with Crippen LogP contribution in [-0.2, 0) is 4.79 Å². The average molecular weight is 187 g/mol. The third-order valence-corrected chi connectivity index (χ3v) is 2.24. The topological polar surface area (TPSA) is 67.8 Å². The van der Waals surface area contributed by atoms with Crippen LogP contribution in [0.25, 0.3) is 0 Å². The Balaban J connectivity index is 3.11. The molecule has 0 heterocycles. The number of rotatable bonds is 8. The molecule has 3 N–H and O–H groups in total. The molecule has 78 valence electrons. The van der Waals surface area contributed by atoms with E-state index in [0.717, 1.165) is 12.8 Å². The van der Waals surface area contributed by atoms with Crippen LogP contribution in [0.2, 0.25) is 0 Å². The molecule has 0 radical (unpaired) electrons. The van der Waals surface area contributed by atoms with Gasteiger partial charge in [-0.2, -0.15) is 0 Å². The van der Waals surface area contributed by atoms with E-state index in [-0.39, 0.29) is 0 Å². The smallest absolute Gasteiger partial charge is 0.124 e. The molecule has 3 heteroatoms. The highest BCUT2D eigenvalue weighted by Gasteiger charge is 2.05. The molecule has 0 aromatic rings. The van der Waals surface area contributed by atoms with Gasteiger partial charge in [0.15, 0.2) is 0 Å². The van der Waals surface area contributed by atoms with Gasteiger partial charge in [0.25, 0.3) is 0 Å². The van der Waals surface area contributed by atoms with Gasteiger partial charge < -0.3 is 15.6 Å². The SMILES string of the molecule is CCCCCCCC[C@H]([NH3+])C(=O)[O-]. The molecule has 13 heavy (non-hydrogen) atoms. The Bertz CT molecular complexity index is 137. The lowest BCUT2D eigenvalue weighted by Crippen LogP contribution is -2.68. The van der Waals surface area contributed by atoms with Crippen LogP contribution >= 0.6 is 0 Å². The molecular weight excluding hydrogens is 166 g/mol. The highest BCUT2D eigenvalue weighted by atomic mass is 16.4. The quantitative estimate of drug-likeness (QED) is 0.547. The minimum atomic E-state index is -1.02. The van der Waals surface area contributed by atoms with Gasteiger partial charge in [-0.1, -0.05) is 39.0 Å². The third-order valence-electron chi connectivity index (χ3n) is 2.24. The standard InChI is InChI=1S/C10H21NO2/c1-2-3-4-5-6-7-8-9(11)10(12)13/h9H,2-8,11H2,1H3,(H,12,13)/t9-/m0/s1. The van der Waals surface area contributed by atoms with Gasteiger partial charge >= 0.3 is 0 Å². The summed E-state index contributed by atoms with van der Waals surface area (Å²) >= 11 is 0. The van der Waals surface area contributed by atoms with Crippen molar-refractivity contribution >= 4 is 5.97 Å². The second-order valence-corrected chi connectivity index (χ2v) is 3.57. The second-order valence-electron chi connectivity index (χ2n) is 3.57. The van der Waals surface area contributed by atoms with E-state index >= 15 is 0 Å². The first-order valence-electron chi connectivity index (χ1n) is 5.22. The maximum atomic E-state index is 10.3. The van der Waals surface area contributed by atoms with Crippen molar-refractivity contribution in [3.63, 3.8) is 0 Å². The fourth-order valence-corrected chi connectivity index (χ4v) is 1.29. The minimum absolute atomic E-state index is 0.522. The van der Waals surface area contributed by atoms with E-state index in [1.54, 1.807) is 0 Å². The number of quaternary nitrogens is 1. The monoisotopic (exact) mass is 187 g/mol. The molecule has 0 aromatic heterocycles. The van der Waals surface area contributed by atoms with Crippen LogP contribution in [0.15, 0.2) is 0 Å². The van der Waals surface area contributed by atoms with Gasteiger partial charge in [-0.25, -0.2) is 0 Å². The van der Waals surface area contributed by atoms with Crippen LogP contribution in [0.1, 0.15) is 51.9 Å². The summed E-state index contributed by atoms with van der Waals surface area (Å²) in [7, 11) is 0. The van der Waals surface area contributed by atoms with E-state index in [1.807, 2.05) is 0 Å². The second kappa shape index (κ2) is 8.05. The summed E-state index contributed by atoms with van der Waals surface area (Å²) in [5.74, 6) is -1.02. The number of hydrogen-bond donors (Lipinski definition) is 1. The number of unbranched alkanes of at least 4 members (excludes halogenated alkanes) is 5. The minimum Gasteiger partial charge on any atom is -0.544 e. The van der Waals surface area contributed by atoms with Crippen molar-refractivity contribution in [3.8, 4) is 0 Å². The summed E-state index contributed by atoms with van der Waals surface area (Å²) in [5, 5.41) is 10.3. The van der Waals surface area contributed by atoms with Gasteiger partial charge in [0.05, 0.1) is 5.97 Å². The molecule has 0 amide bonds. The molecule has 0 aliphatic heterocycles. The van der Waals surface area contributed by atoms with Crippen LogP contribution in [0.4, 0.5) is 0 Å². The predicted molar refractivity (Wildman–Crippen MR) is 49.7 cm³/mol. The van der Waals surface area contributed by atoms with Crippen LogP contribution < -0.4 is 10.8 Å². The number of carboxylic acids is 1. The van der Waals surface area contributed by atoms with E-state index < -0.39 is 12.0 Å². The zero-order valence-corrected chi connectivity index (χ0v) is 8.55. The van der Waals surface area contributed by atoms with Crippen LogP contribution in [0.3, 0.4) is 0 Å². The molecule has 0 unspecified atom stereocenters. The molecule has 0 aromatic carbocycles. The van der Waals surface area contributed by atoms with Gasteiger partial charge in [-0.15, -0.1) is 0 Å². The molecule has 0 saturated carbocycles. The van der Waals surface area contributed by atoms with Crippen LogP contribution in [-0.4, -0.2) is 12.0 Å². The van der Waals surface area contributed by atoms with Crippen molar-refractivity contribution in [2.75, 3.05) is 0 Å². The van der Waals surface area contributed by atoms with Crippen molar-refractivity contribution in [3.05, 3.63) is 0 Å². The van der Waals surface area contributed by atoms with Crippen molar-refractivity contribution in [1.82, 2.24) is 0 Å². The fourth-order valence-electron chi connectivity index (χ4n) is 1.29. The highest BCUT2D eigenvalue weighted by Crippen LogP contribution is 2.07. The van der Waals surface area contributed by atoms with Crippen LogP contribution in [0, 0.1) is 0 Å². The number of hydrogen-bond acceptors (Lipinski definition) is 2. The van der Waals surface area contributed by atoms with Gasteiger partial charge in [0.1, 0.15) is 6.04 Å². The summed E-state index contributed by atoms with van der Waals surface area (Å²) < 4.78 is 0. The summed E-state index contributed by atoms with van der Waals surface area (Å²) in [4.78, 5) is 10.3. The van der Waals surface area contributed by atoms with E-state index in [1.165, 1.54) is 25.7 Å². The van der Waals surface area contributed by atoms with Crippen molar-refractivity contribution in [1.29, 1.82) is 0 Å². The maximum Gasteiger partial charge on any atom is 0.124 e. The Morgan fingerprint density at radius 1 is 1.23 bits per heavy atom. The fraction of sp³-hybridized carbons (Fsp3) is 0.900.